The van der Waals surface area contributed by atoms with Crippen LogP contribution in [0.3, 0.4) is 0 Å². The van der Waals surface area contributed by atoms with E-state index < -0.39 is 11.9 Å². The van der Waals surface area contributed by atoms with Crippen molar-refractivity contribution in [3.05, 3.63) is 30.1 Å². The Labute approximate surface area is 81.9 Å². The fraction of sp³-hybridized carbons (Fsp3) is 0.300. The Bertz CT molecular complexity index is 332. The van der Waals surface area contributed by atoms with E-state index >= 15 is 0 Å². The lowest BCUT2D eigenvalue weighted by Gasteiger charge is -2.04. The molecule has 0 fully saturated rings. The molecule has 0 bridgehead atoms. The molecule has 1 rings (SSSR count). The largest absolute Gasteiger partial charge is 0.389 e. The smallest absolute Gasteiger partial charge is 0.345 e. The number of aromatic nitrogens is 1. The zero-order chi connectivity index (χ0) is 10.6. The minimum Gasteiger partial charge on any atom is -0.389 e. The second kappa shape index (κ2) is 4.50. The summed E-state index contributed by atoms with van der Waals surface area (Å²) in [6.07, 6.45) is 2.94. The molecule has 4 nitrogen and oxygen atoms in total. The summed E-state index contributed by atoms with van der Waals surface area (Å²) < 4.78 is 4.59. The van der Waals surface area contributed by atoms with Gasteiger partial charge in [0.2, 0.25) is 0 Å². The molecule has 74 valence electrons. The lowest BCUT2D eigenvalue weighted by molar-refractivity contribution is -0.141. The molecule has 0 atom stereocenters. The normalized spacial score (nSPS) is 9.93. The van der Waals surface area contributed by atoms with Crippen molar-refractivity contribution in [2.24, 2.45) is 5.92 Å². The van der Waals surface area contributed by atoms with Crippen molar-refractivity contribution in [3.63, 3.8) is 0 Å². The van der Waals surface area contributed by atoms with Crippen LogP contribution in [-0.2, 0) is 9.53 Å². The monoisotopic (exact) mass is 193 g/mol. The maximum Gasteiger partial charge on any atom is 0.345 e. The lowest BCUT2D eigenvalue weighted by atomic mass is 10.2. The first kappa shape index (κ1) is 10.4. The number of rotatable bonds is 2. The first-order valence-corrected chi connectivity index (χ1v) is 4.27. The molecular weight excluding hydrogens is 182 g/mol. The molecular formula is C10H11NO3. The summed E-state index contributed by atoms with van der Waals surface area (Å²) in [5, 5.41) is 0. The van der Waals surface area contributed by atoms with Crippen molar-refractivity contribution in [3.8, 4) is 0 Å². The van der Waals surface area contributed by atoms with Crippen molar-refractivity contribution >= 4 is 11.9 Å². The van der Waals surface area contributed by atoms with Gasteiger partial charge in [0.15, 0.2) is 0 Å². The molecule has 0 aromatic carbocycles. The number of pyridine rings is 1. The highest BCUT2D eigenvalue weighted by Gasteiger charge is 2.15. The van der Waals surface area contributed by atoms with Crippen LogP contribution < -0.4 is 0 Å². The molecule has 0 saturated carbocycles. The first-order chi connectivity index (χ1) is 6.61. The number of hydrogen-bond donors (Lipinski definition) is 0. The third kappa shape index (κ3) is 2.65. The van der Waals surface area contributed by atoms with E-state index in [4.69, 9.17) is 0 Å². The minimum absolute atomic E-state index is 0.305. The van der Waals surface area contributed by atoms with Gasteiger partial charge >= 0.3 is 11.9 Å². The lowest BCUT2D eigenvalue weighted by Crippen LogP contribution is -2.17. The summed E-state index contributed by atoms with van der Waals surface area (Å²) in [5.74, 6) is -1.46. The van der Waals surface area contributed by atoms with Gasteiger partial charge in [0.1, 0.15) is 0 Å². The number of carbonyl (C=O) groups excluding carboxylic acids is 2. The number of nitrogens with zero attached hydrogens (tertiary/aromatic N) is 1. The highest BCUT2D eigenvalue weighted by Crippen LogP contribution is 2.03. The van der Waals surface area contributed by atoms with E-state index in [-0.39, 0.29) is 5.92 Å². The van der Waals surface area contributed by atoms with Crippen LogP contribution >= 0.6 is 0 Å². The molecule has 1 aromatic heterocycles. The fourth-order valence-corrected chi connectivity index (χ4v) is 0.756. The zero-order valence-electron chi connectivity index (χ0n) is 8.06. The van der Waals surface area contributed by atoms with Gasteiger partial charge in [-0.2, -0.15) is 0 Å². The SMILES string of the molecule is CC(C)C(=O)OC(=O)c1ccncc1. The van der Waals surface area contributed by atoms with E-state index in [0.29, 0.717) is 5.56 Å². The number of esters is 2. The van der Waals surface area contributed by atoms with Gasteiger partial charge in [0.25, 0.3) is 0 Å². The molecule has 0 aliphatic carbocycles. The van der Waals surface area contributed by atoms with Crippen molar-refractivity contribution in [2.75, 3.05) is 0 Å². The quantitative estimate of drug-likeness (QED) is 0.526. The standard InChI is InChI=1S/C10H11NO3/c1-7(2)9(12)14-10(13)8-3-5-11-6-4-8/h3-7H,1-2H3. The number of carbonyl (C=O) groups is 2. The van der Waals surface area contributed by atoms with E-state index in [0.717, 1.165) is 0 Å². The van der Waals surface area contributed by atoms with Gasteiger partial charge in [-0.3, -0.25) is 9.78 Å². The third-order valence-corrected chi connectivity index (χ3v) is 1.58. The molecule has 0 saturated heterocycles. The van der Waals surface area contributed by atoms with Crippen LogP contribution in [0.4, 0.5) is 0 Å². The second-order valence-electron chi connectivity index (χ2n) is 3.10. The summed E-state index contributed by atoms with van der Waals surface area (Å²) in [6.45, 7) is 3.34. The average Bonchev–Trinajstić information content (AvgIpc) is 2.19. The average molecular weight is 193 g/mol. The summed E-state index contributed by atoms with van der Waals surface area (Å²) in [6, 6.07) is 2.99. The molecule has 0 N–H and O–H groups in total. The molecule has 1 aromatic rings. The van der Waals surface area contributed by atoms with Crippen molar-refractivity contribution < 1.29 is 14.3 Å². The molecule has 0 aliphatic rings. The predicted octanol–water partition coefficient (Wildman–Crippen LogP) is 1.42. The predicted molar refractivity (Wildman–Crippen MR) is 49.5 cm³/mol. The Hall–Kier alpha value is -1.71. The fourth-order valence-electron chi connectivity index (χ4n) is 0.756. The van der Waals surface area contributed by atoms with E-state index in [9.17, 15) is 9.59 Å². The maximum absolute atomic E-state index is 11.3. The second-order valence-corrected chi connectivity index (χ2v) is 3.10. The molecule has 0 amide bonds. The van der Waals surface area contributed by atoms with Crippen LogP contribution in [0.25, 0.3) is 0 Å². The van der Waals surface area contributed by atoms with E-state index in [2.05, 4.69) is 9.72 Å². The van der Waals surface area contributed by atoms with Crippen LogP contribution in [0.2, 0.25) is 0 Å². The van der Waals surface area contributed by atoms with Crippen LogP contribution in [0.15, 0.2) is 24.5 Å². The number of hydrogen-bond acceptors (Lipinski definition) is 4. The molecule has 4 heteroatoms. The molecule has 0 aliphatic heterocycles. The topological polar surface area (TPSA) is 56.3 Å². The van der Waals surface area contributed by atoms with Gasteiger partial charge in [-0.25, -0.2) is 4.79 Å². The van der Waals surface area contributed by atoms with E-state index in [1.807, 2.05) is 0 Å². The van der Waals surface area contributed by atoms with Gasteiger partial charge in [-0.05, 0) is 12.1 Å². The molecule has 1 heterocycles. The molecule has 0 unspecified atom stereocenters. The van der Waals surface area contributed by atoms with Gasteiger partial charge < -0.3 is 4.74 Å². The van der Waals surface area contributed by atoms with Crippen LogP contribution in [0.1, 0.15) is 24.2 Å². The summed E-state index contributed by atoms with van der Waals surface area (Å²) in [5.41, 5.74) is 0.328. The summed E-state index contributed by atoms with van der Waals surface area (Å²) in [7, 11) is 0. The van der Waals surface area contributed by atoms with E-state index in [1.165, 1.54) is 24.5 Å². The van der Waals surface area contributed by atoms with Crippen molar-refractivity contribution in [1.29, 1.82) is 0 Å². The Morgan fingerprint density at radius 3 is 2.36 bits per heavy atom. The Balaban J connectivity index is 2.65. The van der Waals surface area contributed by atoms with Crippen LogP contribution in [0.5, 0.6) is 0 Å². The third-order valence-electron chi connectivity index (χ3n) is 1.58. The van der Waals surface area contributed by atoms with E-state index in [1.54, 1.807) is 13.8 Å². The minimum atomic E-state index is -0.633. The van der Waals surface area contributed by atoms with Crippen molar-refractivity contribution in [2.45, 2.75) is 13.8 Å². The highest BCUT2D eigenvalue weighted by atomic mass is 16.6. The van der Waals surface area contributed by atoms with Crippen LogP contribution in [-0.4, -0.2) is 16.9 Å². The highest BCUT2D eigenvalue weighted by molar-refractivity contribution is 5.97. The maximum atomic E-state index is 11.3. The van der Waals surface area contributed by atoms with Gasteiger partial charge in [0.05, 0.1) is 11.5 Å². The number of ether oxygens (including phenoxy) is 1. The Morgan fingerprint density at radius 1 is 1.29 bits per heavy atom. The van der Waals surface area contributed by atoms with Crippen molar-refractivity contribution in [1.82, 2.24) is 4.98 Å². The summed E-state index contributed by atoms with van der Waals surface area (Å²) in [4.78, 5) is 26.1. The first-order valence-electron chi connectivity index (χ1n) is 4.27. The molecule has 14 heavy (non-hydrogen) atoms. The zero-order valence-corrected chi connectivity index (χ0v) is 8.06. The molecule has 0 radical (unpaired) electrons. The Kier molecular flexibility index (Phi) is 3.34. The van der Waals surface area contributed by atoms with Gasteiger partial charge in [-0.1, -0.05) is 13.8 Å². The van der Waals surface area contributed by atoms with Crippen LogP contribution in [0, 0.1) is 5.92 Å². The Morgan fingerprint density at radius 2 is 1.86 bits per heavy atom. The van der Waals surface area contributed by atoms with Gasteiger partial charge in [0, 0.05) is 12.4 Å². The summed E-state index contributed by atoms with van der Waals surface area (Å²) >= 11 is 0. The van der Waals surface area contributed by atoms with Gasteiger partial charge in [-0.15, -0.1) is 0 Å². The molecule has 0 spiro atoms.